The summed E-state index contributed by atoms with van der Waals surface area (Å²) >= 11 is 0. The lowest BCUT2D eigenvalue weighted by molar-refractivity contribution is 0.452. The van der Waals surface area contributed by atoms with Gasteiger partial charge in [0.1, 0.15) is 10.6 Å². The van der Waals surface area contributed by atoms with E-state index in [1.807, 2.05) is 24.3 Å². The molecule has 1 aliphatic carbocycles. The summed E-state index contributed by atoms with van der Waals surface area (Å²) in [5.74, 6) is 1.48. The summed E-state index contributed by atoms with van der Waals surface area (Å²) in [5, 5.41) is 3.93. The van der Waals surface area contributed by atoms with Crippen LogP contribution in [-0.4, -0.2) is 28.2 Å². The Balaban J connectivity index is 1.70. The Bertz CT molecular complexity index is 1220. The number of nitrogens with one attached hydrogen (secondary N) is 1. The number of anilines is 1. The SMILES string of the molecule is CC(C)c1ccccc1Oc1cc(C2CC2(C)C)nc(NS(=O)(=O)c2cnn(C)c2)n1. The highest BCUT2D eigenvalue weighted by Crippen LogP contribution is 2.58. The second kappa shape index (κ2) is 7.64. The highest BCUT2D eigenvalue weighted by molar-refractivity contribution is 7.92. The van der Waals surface area contributed by atoms with Gasteiger partial charge in [-0.15, -0.1) is 0 Å². The molecular weight excluding hydrogens is 414 g/mol. The predicted molar refractivity (Wildman–Crippen MR) is 118 cm³/mol. The summed E-state index contributed by atoms with van der Waals surface area (Å²) in [7, 11) is -2.21. The van der Waals surface area contributed by atoms with Gasteiger partial charge in [-0.05, 0) is 29.4 Å². The Morgan fingerprint density at radius 2 is 1.94 bits per heavy atom. The first kappa shape index (κ1) is 21.3. The van der Waals surface area contributed by atoms with Crippen LogP contribution in [0.1, 0.15) is 57.2 Å². The summed E-state index contributed by atoms with van der Waals surface area (Å²) in [4.78, 5) is 8.90. The van der Waals surface area contributed by atoms with Crippen molar-refractivity contribution in [2.75, 3.05) is 4.72 Å². The fourth-order valence-electron chi connectivity index (χ4n) is 3.57. The molecule has 1 aliphatic rings. The smallest absolute Gasteiger partial charge is 0.267 e. The van der Waals surface area contributed by atoms with Gasteiger partial charge in [-0.1, -0.05) is 45.9 Å². The van der Waals surface area contributed by atoms with Crippen molar-refractivity contribution in [2.24, 2.45) is 12.5 Å². The molecule has 1 unspecified atom stereocenters. The molecule has 1 N–H and O–H groups in total. The van der Waals surface area contributed by atoms with Gasteiger partial charge in [0.2, 0.25) is 11.8 Å². The van der Waals surface area contributed by atoms with Gasteiger partial charge in [0.25, 0.3) is 10.0 Å². The summed E-state index contributed by atoms with van der Waals surface area (Å²) in [6.07, 6.45) is 3.68. The number of aryl methyl sites for hydroxylation is 1. The average molecular weight is 442 g/mol. The van der Waals surface area contributed by atoms with Crippen LogP contribution in [0.15, 0.2) is 47.6 Å². The molecule has 0 saturated heterocycles. The summed E-state index contributed by atoms with van der Waals surface area (Å²) in [6.45, 7) is 8.50. The molecule has 0 spiro atoms. The van der Waals surface area contributed by atoms with Crippen LogP contribution in [0, 0.1) is 5.41 Å². The second-order valence-corrected chi connectivity index (χ2v) is 10.6. The molecule has 0 radical (unpaired) electrons. The van der Waals surface area contributed by atoms with Gasteiger partial charge in [0, 0.05) is 25.2 Å². The molecule has 1 fully saturated rings. The minimum atomic E-state index is -3.87. The lowest BCUT2D eigenvalue weighted by atomic mass is 10.0. The fourth-order valence-corrected chi connectivity index (χ4v) is 4.50. The lowest BCUT2D eigenvalue weighted by Crippen LogP contribution is -2.15. The largest absolute Gasteiger partial charge is 0.439 e. The van der Waals surface area contributed by atoms with E-state index in [-0.39, 0.29) is 28.1 Å². The molecule has 1 aromatic carbocycles. The molecule has 0 aliphatic heterocycles. The molecule has 0 bridgehead atoms. The maximum atomic E-state index is 12.8. The van der Waals surface area contributed by atoms with Gasteiger partial charge in [-0.3, -0.25) is 4.68 Å². The normalized spacial score (nSPS) is 17.5. The van der Waals surface area contributed by atoms with Crippen LogP contribution in [0.5, 0.6) is 11.6 Å². The fraction of sp³-hybridized carbons (Fsp3) is 0.409. The third kappa shape index (κ3) is 4.56. The van der Waals surface area contributed by atoms with Crippen molar-refractivity contribution in [3.8, 4) is 11.6 Å². The second-order valence-electron chi connectivity index (χ2n) is 8.95. The van der Waals surface area contributed by atoms with Gasteiger partial charge in [-0.25, -0.2) is 18.1 Å². The number of hydrogen-bond acceptors (Lipinski definition) is 6. The first-order chi connectivity index (χ1) is 14.5. The van der Waals surface area contributed by atoms with Crippen molar-refractivity contribution in [2.45, 2.75) is 50.8 Å². The quantitative estimate of drug-likeness (QED) is 0.582. The maximum Gasteiger partial charge on any atom is 0.267 e. The van der Waals surface area contributed by atoms with E-state index in [0.717, 1.165) is 17.7 Å². The Labute approximate surface area is 182 Å². The van der Waals surface area contributed by atoms with E-state index in [2.05, 4.69) is 47.5 Å². The summed E-state index contributed by atoms with van der Waals surface area (Å²) < 4.78 is 35.6. The third-order valence-corrected chi connectivity index (χ3v) is 6.85. The van der Waals surface area contributed by atoms with Gasteiger partial charge in [-0.2, -0.15) is 10.1 Å². The molecule has 1 saturated carbocycles. The number of sulfonamides is 1. The van der Waals surface area contributed by atoms with Crippen molar-refractivity contribution in [3.63, 3.8) is 0 Å². The first-order valence-corrected chi connectivity index (χ1v) is 11.7. The number of benzene rings is 1. The Kier molecular flexibility index (Phi) is 5.25. The minimum absolute atomic E-state index is 0.0129. The average Bonchev–Trinajstić information content (AvgIpc) is 3.09. The van der Waals surface area contributed by atoms with Crippen LogP contribution in [0.4, 0.5) is 5.95 Å². The monoisotopic (exact) mass is 441 g/mol. The van der Waals surface area contributed by atoms with Crippen molar-refractivity contribution >= 4 is 16.0 Å². The van der Waals surface area contributed by atoms with Crippen LogP contribution < -0.4 is 9.46 Å². The van der Waals surface area contributed by atoms with E-state index >= 15 is 0 Å². The number of rotatable bonds is 7. The molecular formula is C22H27N5O3S. The van der Waals surface area contributed by atoms with Crippen LogP contribution in [0.25, 0.3) is 0 Å². The van der Waals surface area contributed by atoms with Crippen LogP contribution >= 0.6 is 0 Å². The Morgan fingerprint density at radius 3 is 2.55 bits per heavy atom. The molecule has 2 heterocycles. The van der Waals surface area contributed by atoms with E-state index in [9.17, 15) is 8.42 Å². The number of hydrogen-bond donors (Lipinski definition) is 1. The lowest BCUT2D eigenvalue weighted by Gasteiger charge is -2.15. The molecule has 4 rings (SSSR count). The van der Waals surface area contributed by atoms with Crippen molar-refractivity contribution < 1.29 is 13.2 Å². The number of nitrogens with zero attached hydrogens (tertiary/aromatic N) is 4. The zero-order valence-electron chi connectivity index (χ0n) is 18.3. The number of aromatic nitrogens is 4. The molecule has 1 atom stereocenters. The van der Waals surface area contributed by atoms with E-state index in [1.54, 1.807) is 13.1 Å². The predicted octanol–water partition coefficient (Wildman–Crippen LogP) is 4.44. The molecule has 9 heteroatoms. The molecule has 8 nitrogen and oxygen atoms in total. The highest BCUT2D eigenvalue weighted by atomic mass is 32.2. The topological polar surface area (TPSA) is 99.0 Å². The van der Waals surface area contributed by atoms with E-state index in [0.29, 0.717) is 11.6 Å². The molecule has 2 aromatic heterocycles. The summed E-state index contributed by atoms with van der Waals surface area (Å²) in [5.41, 5.74) is 1.92. The highest BCUT2D eigenvalue weighted by Gasteiger charge is 2.48. The van der Waals surface area contributed by atoms with Crippen LogP contribution in [0.3, 0.4) is 0 Å². The van der Waals surface area contributed by atoms with Gasteiger partial charge < -0.3 is 4.74 Å². The zero-order chi connectivity index (χ0) is 22.4. The van der Waals surface area contributed by atoms with Crippen LogP contribution in [0.2, 0.25) is 0 Å². The number of para-hydroxylation sites is 1. The molecule has 31 heavy (non-hydrogen) atoms. The van der Waals surface area contributed by atoms with Gasteiger partial charge >= 0.3 is 0 Å². The van der Waals surface area contributed by atoms with E-state index < -0.39 is 10.0 Å². The van der Waals surface area contributed by atoms with Crippen molar-refractivity contribution in [1.82, 2.24) is 19.7 Å². The molecule has 3 aromatic rings. The van der Waals surface area contributed by atoms with Gasteiger partial charge in [0.15, 0.2) is 0 Å². The number of ether oxygens (including phenoxy) is 1. The minimum Gasteiger partial charge on any atom is -0.439 e. The Morgan fingerprint density at radius 1 is 1.23 bits per heavy atom. The standard InChI is InChI=1S/C22H27N5O3S/c1-14(2)16-8-6-7-9-19(16)30-20-10-18(17-11-22(17,3)4)24-21(25-20)26-31(28,29)15-12-23-27(5)13-15/h6-10,12-14,17H,11H2,1-5H3,(H,24,25,26). The molecule has 164 valence electrons. The molecule has 0 amide bonds. The maximum absolute atomic E-state index is 12.8. The zero-order valence-corrected chi connectivity index (χ0v) is 19.1. The van der Waals surface area contributed by atoms with Crippen molar-refractivity contribution in [3.05, 3.63) is 54.0 Å². The summed E-state index contributed by atoms with van der Waals surface area (Å²) in [6, 6.07) is 9.57. The van der Waals surface area contributed by atoms with Crippen molar-refractivity contribution in [1.29, 1.82) is 0 Å². The van der Waals surface area contributed by atoms with E-state index in [4.69, 9.17) is 4.74 Å². The van der Waals surface area contributed by atoms with E-state index in [1.165, 1.54) is 17.1 Å². The first-order valence-electron chi connectivity index (χ1n) is 10.2. The van der Waals surface area contributed by atoms with Crippen LogP contribution in [-0.2, 0) is 17.1 Å². The van der Waals surface area contributed by atoms with Gasteiger partial charge in [0.05, 0.1) is 11.9 Å². The Hall–Kier alpha value is -2.94. The third-order valence-electron chi connectivity index (χ3n) is 5.57.